The Labute approximate surface area is 153 Å². The van der Waals surface area contributed by atoms with Gasteiger partial charge in [-0.25, -0.2) is 4.57 Å². The first-order valence-corrected chi connectivity index (χ1v) is 5.84. The minimum atomic E-state index is 0. The van der Waals surface area contributed by atoms with Gasteiger partial charge in [0.1, 0.15) is 0 Å². The molecule has 0 aliphatic heterocycles. The number of rotatable bonds is 2. The number of pyridine rings is 1. The van der Waals surface area contributed by atoms with Crippen LogP contribution in [0.3, 0.4) is 0 Å². The summed E-state index contributed by atoms with van der Waals surface area (Å²) < 4.78 is 2.20. The summed E-state index contributed by atoms with van der Waals surface area (Å²) in [4.78, 5) is 0. The molecule has 130 valence electrons. The molecule has 3 aromatic rings. The molecule has 0 saturated heterocycles. The fraction of sp³-hybridized carbons (Fsp3) is 0.0625. The number of nitrogens with zero attached hydrogens (tertiary/aromatic N) is 1. The molecule has 1 nitrogen and oxygen atoms in total. The Morgan fingerprint density at radius 2 is 1.12 bits per heavy atom. The standard InChI is InChI=1S/C16H14N.6FH.Sb/c1-4-11-17(12-5-1)13-15-9-6-8-14-7-2-3-10-16(14)15;;;;;;;/h1-12H,13H2;6*1H;/q+1;;;;;;;+5/p-6. The van der Waals surface area contributed by atoms with E-state index in [2.05, 4.69) is 71.6 Å². The van der Waals surface area contributed by atoms with Crippen LogP contribution in [0, 0.1) is 0 Å². The van der Waals surface area contributed by atoms with Crippen molar-refractivity contribution in [2.45, 2.75) is 6.54 Å². The van der Waals surface area contributed by atoms with Gasteiger partial charge in [-0.1, -0.05) is 48.5 Å². The summed E-state index contributed by atoms with van der Waals surface area (Å²) in [7, 11) is 0. The first-order chi connectivity index (χ1) is 8.43. The van der Waals surface area contributed by atoms with Crippen molar-refractivity contribution in [3.05, 3.63) is 78.6 Å². The van der Waals surface area contributed by atoms with Gasteiger partial charge in [-0.05, 0) is 10.8 Å². The Balaban J connectivity index is -0.000000172. The number of hydrogen-bond acceptors (Lipinski definition) is 0. The summed E-state index contributed by atoms with van der Waals surface area (Å²) in [6.07, 6.45) is 4.20. The van der Waals surface area contributed by atoms with Gasteiger partial charge < -0.3 is 28.2 Å². The van der Waals surface area contributed by atoms with Crippen LogP contribution in [0.25, 0.3) is 10.8 Å². The predicted molar refractivity (Wildman–Crippen MR) is 75.4 cm³/mol. The largest absolute Gasteiger partial charge is 5.00 e. The average Bonchev–Trinajstić information content (AvgIpc) is 2.40. The van der Waals surface area contributed by atoms with E-state index in [4.69, 9.17) is 0 Å². The monoisotopic (exact) mass is 455 g/mol. The molecule has 0 atom stereocenters. The third kappa shape index (κ3) is 7.68. The van der Waals surface area contributed by atoms with Crippen molar-refractivity contribution < 1.29 is 32.8 Å². The van der Waals surface area contributed by atoms with Crippen molar-refractivity contribution in [1.29, 1.82) is 0 Å². The molecule has 1 aromatic heterocycles. The first kappa shape index (κ1) is 33.8. The summed E-state index contributed by atoms with van der Waals surface area (Å²) in [5.41, 5.74) is 1.36. The number of hydrogen-bond donors (Lipinski definition) is 0. The maximum atomic E-state index is 2.20. The molecule has 0 bridgehead atoms. The van der Waals surface area contributed by atoms with Crippen LogP contribution < -0.4 is 32.8 Å². The fourth-order valence-electron chi connectivity index (χ4n) is 2.17. The van der Waals surface area contributed by atoms with E-state index in [0.29, 0.717) is 0 Å². The molecule has 3 rings (SSSR count). The van der Waals surface area contributed by atoms with E-state index in [0.717, 1.165) is 6.54 Å². The summed E-state index contributed by atoms with van der Waals surface area (Å²) in [6, 6.07) is 21.2. The van der Waals surface area contributed by atoms with Gasteiger partial charge in [0.05, 0.1) is 0 Å². The SMILES string of the molecule is [F-].[F-].[F-].[F-].[F-].[F-].[Sb+5].c1cc[n+](Cc2cccc3ccccc23)cc1. The Bertz CT molecular complexity index is 649. The molecule has 0 amide bonds. The molecular weight excluding hydrogens is 442 g/mol. The maximum Gasteiger partial charge on any atom is 5.00 e. The van der Waals surface area contributed by atoms with Crippen LogP contribution in [-0.4, -0.2) is 24.4 Å². The number of benzene rings is 2. The quantitative estimate of drug-likeness (QED) is 0.205. The summed E-state index contributed by atoms with van der Waals surface area (Å²) >= 11 is 0. The van der Waals surface area contributed by atoms with Crippen molar-refractivity contribution in [3.8, 4) is 0 Å². The van der Waals surface area contributed by atoms with Gasteiger partial charge in [0.25, 0.3) is 0 Å². The van der Waals surface area contributed by atoms with E-state index in [9.17, 15) is 0 Å². The van der Waals surface area contributed by atoms with Crippen LogP contribution in [0.5, 0.6) is 0 Å². The topological polar surface area (TPSA) is 3.88 Å². The molecule has 0 aliphatic carbocycles. The van der Waals surface area contributed by atoms with Gasteiger partial charge in [0.15, 0.2) is 18.9 Å². The van der Waals surface area contributed by atoms with Crippen LogP contribution in [0.4, 0.5) is 0 Å². The third-order valence-electron chi connectivity index (χ3n) is 3.01. The maximum absolute atomic E-state index is 2.20. The van der Waals surface area contributed by atoms with Gasteiger partial charge in [0.2, 0.25) is 0 Å². The van der Waals surface area contributed by atoms with E-state index >= 15 is 0 Å². The minimum Gasteiger partial charge on any atom is -1.00 e. The molecule has 0 spiro atoms. The zero-order valence-electron chi connectivity index (χ0n) is 12.3. The Kier molecular flexibility index (Phi) is 22.7. The summed E-state index contributed by atoms with van der Waals surface area (Å²) in [5.74, 6) is 0. The van der Waals surface area contributed by atoms with Crippen LogP contribution in [-0.2, 0) is 6.54 Å². The van der Waals surface area contributed by atoms with Crippen LogP contribution in [0.15, 0.2) is 73.1 Å². The van der Waals surface area contributed by atoms with Crippen molar-refractivity contribution in [2.24, 2.45) is 0 Å². The number of aromatic nitrogens is 1. The zero-order valence-corrected chi connectivity index (χ0v) is 14.9. The molecule has 0 aliphatic rings. The fourth-order valence-corrected chi connectivity index (χ4v) is 2.17. The van der Waals surface area contributed by atoms with Gasteiger partial charge >= 0.3 is 24.4 Å². The summed E-state index contributed by atoms with van der Waals surface area (Å²) in [5, 5.41) is 2.65. The van der Waals surface area contributed by atoms with E-state index in [1.54, 1.807) is 0 Å². The molecule has 0 saturated carbocycles. The molecular formula is C16H14F6NSb. The van der Waals surface area contributed by atoms with Crippen molar-refractivity contribution in [2.75, 3.05) is 0 Å². The van der Waals surface area contributed by atoms with Gasteiger partial charge in [0, 0.05) is 17.7 Å². The van der Waals surface area contributed by atoms with Crippen LogP contribution in [0.1, 0.15) is 5.56 Å². The van der Waals surface area contributed by atoms with Crippen molar-refractivity contribution >= 4 is 35.2 Å². The zero-order chi connectivity index (χ0) is 11.5. The second-order valence-corrected chi connectivity index (χ2v) is 4.19. The average molecular weight is 456 g/mol. The second kappa shape index (κ2) is 16.1. The minimum absolute atomic E-state index is 0. The van der Waals surface area contributed by atoms with Crippen molar-refractivity contribution in [1.82, 2.24) is 0 Å². The van der Waals surface area contributed by atoms with Crippen LogP contribution >= 0.6 is 0 Å². The number of halogens is 6. The van der Waals surface area contributed by atoms with Gasteiger partial charge in [-0.3, -0.25) is 0 Å². The van der Waals surface area contributed by atoms with E-state index < -0.39 is 0 Å². The van der Waals surface area contributed by atoms with Gasteiger partial charge in [-0.2, -0.15) is 0 Å². The molecule has 2 aromatic carbocycles. The van der Waals surface area contributed by atoms with Crippen LogP contribution in [0.2, 0.25) is 0 Å². The van der Waals surface area contributed by atoms with Gasteiger partial charge in [-0.15, -0.1) is 0 Å². The molecule has 0 radical (unpaired) electrons. The Morgan fingerprint density at radius 1 is 0.583 bits per heavy atom. The third-order valence-corrected chi connectivity index (χ3v) is 3.01. The second-order valence-electron chi connectivity index (χ2n) is 4.19. The molecule has 0 fully saturated rings. The Hall–Kier alpha value is -1.75. The smallest absolute Gasteiger partial charge is 1.00 e. The Morgan fingerprint density at radius 3 is 1.75 bits per heavy atom. The van der Waals surface area contributed by atoms with E-state index in [1.807, 2.05) is 6.07 Å². The first-order valence-electron chi connectivity index (χ1n) is 5.84. The predicted octanol–water partition coefficient (Wildman–Crippen LogP) is -15.2. The summed E-state index contributed by atoms with van der Waals surface area (Å²) in [6.45, 7) is 0.919. The normalized spacial score (nSPS) is 7.50. The molecule has 8 heteroatoms. The van der Waals surface area contributed by atoms with E-state index in [1.165, 1.54) is 16.3 Å². The molecule has 24 heavy (non-hydrogen) atoms. The van der Waals surface area contributed by atoms with Crippen molar-refractivity contribution in [3.63, 3.8) is 0 Å². The molecule has 0 unspecified atom stereocenters. The van der Waals surface area contributed by atoms with E-state index in [-0.39, 0.29) is 52.7 Å². The number of fused-ring (bicyclic) bond motifs is 1. The molecule has 1 heterocycles. The molecule has 0 N–H and O–H groups in total.